The van der Waals surface area contributed by atoms with Gasteiger partial charge in [-0.2, -0.15) is 0 Å². The third kappa shape index (κ3) is 3.36. The monoisotopic (exact) mass is 464 g/mol. The Labute approximate surface area is 192 Å². The van der Waals surface area contributed by atoms with Crippen LogP contribution in [0, 0.1) is 10.6 Å². The van der Waals surface area contributed by atoms with Crippen LogP contribution in [-0.4, -0.2) is 49.5 Å². The standard InChI is InChI=1S/C23H29ClN2O6/c1-22(2)8-9-23(31-4)15-12-17(32-11-5-10-30-3)19(24)26(29)18(15)16-7-6-14(20(27)28)13-25(16)21(22)23/h7,12-13,21H,5-6,8-11H2,1-4H3,(H,27,28)/t21-,23+/m1/s1. The van der Waals surface area contributed by atoms with Gasteiger partial charge >= 0.3 is 11.1 Å². The Balaban J connectivity index is 1.90. The molecule has 1 aliphatic carbocycles. The molecular weight excluding hydrogens is 436 g/mol. The number of fused-ring (bicyclic) bond motifs is 6. The minimum atomic E-state index is -0.974. The third-order valence-corrected chi connectivity index (χ3v) is 7.23. The number of ether oxygens (including phenoxy) is 3. The van der Waals surface area contributed by atoms with Crippen molar-refractivity contribution < 1.29 is 28.8 Å². The molecule has 32 heavy (non-hydrogen) atoms. The molecule has 1 aromatic rings. The summed E-state index contributed by atoms with van der Waals surface area (Å²) >= 11 is 6.44. The molecule has 174 valence electrons. The number of aliphatic carboxylic acids is 1. The molecule has 2 aliphatic heterocycles. The number of hydrogen-bond acceptors (Lipinski definition) is 6. The zero-order chi connectivity index (χ0) is 23.3. The van der Waals surface area contributed by atoms with E-state index in [1.165, 1.54) is 0 Å². The first-order valence-corrected chi connectivity index (χ1v) is 11.1. The van der Waals surface area contributed by atoms with E-state index in [1.54, 1.807) is 26.5 Å². The van der Waals surface area contributed by atoms with Crippen LogP contribution in [0.25, 0.3) is 5.70 Å². The van der Waals surface area contributed by atoms with E-state index < -0.39 is 11.6 Å². The molecule has 3 aliphatic rings. The Morgan fingerprint density at radius 1 is 1.34 bits per heavy atom. The lowest BCUT2D eigenvalue weighted by Gasteiger charge is -2.50. The number of methoxy groups -OCH3 is 2. The maximum absolute atomic E-state index is 13.4. The molecule has 8 nitrogen and oxygen atoms in total. The molecule has 0 saturated heterocycles. The predicted octanol–water partition coefficient (Wildman–Crippen LogP) is 3.45. The first-order chi connectivity index (χ1) is 15.2. The van der Waals surface area contributed by atoms with Crippen molar-refractivity contribution in [3.05, 3.63) is 45.5 Å². The number of carboxylic acids is 1. The van der Waals surface area contributed by atoms with Crippen LogP contribution in [-0.2, 0) is 19.9 Å². The summed E-state index contributed by atoms with van der Waals surface area (Å²) in [5.74, 6) is -0.666. The number of carbonyl (C=O) groups is 1. The molecule has 1 N–H and O–H groups in total. The van der Waals surface area contributed by atoms with E-state index in [-0.39, 0.29) is 28.6 Å². The lowest BCUT2D eigenvalue weighted by molar-refractivity contribution is -0.608. The number of allylic oxidation sites excluding steroid dienone is 1. The van der Waals surface area contributed by atoms with Gasteiger partial charge in [0.15, 0.2) is 0 Å². The number of halogens is 1. The molecule has 3 heterocycles. The average Bonchev–Trinajstić information content (AvgIpc) is 3.05. The average molecular weight is 465 g/mol. The fourth-order valence-corrected chi connectivity index (χ4v) is 5.61. The van der Waals surface area contributed by atoms with E-state index >= 15 is 0 Å². The lowest BCUT2D eigenvalue weighted by atomic mass is 9.74. The van der Waals surface area contributed by atoms with Gasteiger partial charge in [-0.1, -0.05) is 13.8 Å². The van der Waals surface area contributed by atoms with Crippen LogP contribution in [0.5, 0.6) is 5.75 Å². The van der Waals surface area contributed by atoms with Crippen molar-refractivity contribution in [2.45, 2.75) is 51.2 Å². The minimum Gasteiger partial charge on any atom is -0.617 e. The molecule has 9 heteroatoms. The SMILES string of the molecule is COCCCOc1cc2c([n+]([O-])c1Cl)C1=CCC(C(=O)O)=CN1[C@@H]1C(C)(C)CC[C@]21OC. The van der Waals surface area contributed by atoms with Gasteiger partial charge in [0.1, 0.15) is 11.3 Å². The summed E-state index contributed by atoms with van der Waals surface area (Å²) in [5, 5.41) is 23.0. The number of nitrogens with zero attached hydrogens (tertiary/aromatic N) is 2. The zero-order valence-electron chi connectivity index (χ0n) is 18.8. The van der Waals surface area contributed by atoms with Gasteiger partial charge in [-0.05, 0) is 35.9 Å². The largest absolute Gasteiger partial charge is 0.617 e. The quantitative estimate of drug-likeness (QED) is 0.286. The fourth-order valence-electron chi connectivity index (χ4n) is 5.41. The van der Waals surface area contributed by atoms with Crippen LogP contribution in [0.2, 0.25) is 5.15 Å². The van der Waals surface area contributed by atoms with Crippen molar-refractivity contribution in [1.82, 2.24) is 4.90 Å². The highest BCUT2D eigenvalue weighted by molar-refractivity contribution is 6.30. The van der Waals surface area contributed by atoms with Crippen LogP contribution < -0.4 is 9.47 Å². The van der Waals surface area contributed by atoms with E-state index in [9.17, 15) is 15.1 Å². The Morgan fingerprint density at radius 3 is 2.75 bits per heavy atom. The summed E-state index contributed by atoms with van der Waals surface area (Å²) < 4.78 is 17.8. The third-order valence-electron chi connectivity index (χ3n) is 6.89. The number of pyridine rings is 1. The highest BCUT2D eigenvalue weighted by Gasteiger charge is 2.62. The second-order valence-electron chi connectivity index (χ2n) is 9.20. The van der Waals surface area contributed by atoms with Crippen molar-refractivity contribution in [2.24, 2.45) is 5.41 Å². The van der Waals surface area contributed by atoms with Crippen LogP contribution in [0.4, 0.5) is 0 Å². The van der Waals surface area contributed by atoms with Gasteiger partial charge < -0.3 is 29.4 Å². The maximum atomic E-state index is 13.4. The summed E-state index contributed by atoms with van der Waals surface area (Å²) in [6.45, 7) is 5.19. The van der Waals surface area contributed by atoms with E-state index in [2.05, 4.69) is 13.8 Å². The van der Waals surface area contributed by atoms with Crippen LogP contribution in [0.3, 0.4) is 0 Å². The highest BCUT2D eigenvalue weighted by atomic mass is 35.5. The Bertz CT molecular complexity index is 1000. The Hall–Kier alpha value is -2.29. The summed E-state index contributed by atoms with van der Waals surface area (Å²) in [4.78, 5) is 13.6. The summed E-state index contributed by atoms with van der Waals surface area (Å²) in [6.07, 6.45) is 5.85. The molecule has 0 aromatic carbocycles. The van der Waals surface area contributed by atoms with E-state index in [0.717, 1.165) is 12.0 Å². The molecule has 0 amide bonds. The van der Waals surface area contributed by atoms with E-state index in [0.29, 0.717) is 47.9 Å². The molecule has 0 radical (unpaired) electrons. The second-order valence-corrected chi connectivity index (χ2v) is 9.55. The number of hydrogen-bond donors (Lipinski definition) is 1. The summed E-state index contributed by atoms with van der Waals surface area (Å²) in [5.41, 5.74) is 1.03. The maximum Gasteiger partial charge on any atom is 0.333 e. The lowest BCUT2D eigenvalue weighted by Crippen LogP contribution is -2.58. The molecule has 1 fully saturated rings. The van der Waals surface area contributed by atoms with Gasteiger partial charge in [-0.3, -0.25) is 0 Å². The van der Waals surface area contributed by atoms with Gasteiger partial charge in [0, 0.05) is 45.9 Å². The van der Waals surface area contributed by atoms with Gasteiger partial charge in [0.25, 0.3) is 0 Å². The fraction of sp³-hybridized carbons (Fsp3) is 0.565. The summed E-state index contributed by atoms with van der Waals surface area (Å²) in [7, 11) is 3.26. The molecule has 1 aromatic heterocycles. The van der Waals surface area contributed by atoms with Crippen LogP contribution in [0.1, 0.15) is 50.8 Å². The molecule has 4 rings (SSSR count). The Kier molecular flexibility index (Phi) is 5.90. The molecule has 2 atom stereocenters. The number of rotatable bonds is 7. The zero-order valence-corrected chi connectivity index (χ0v) is 19.6. The molecule has 0 unspecified atom stereocenters. The van der Waals surface area contributed by atoms with Gasteiger partial charge in [0.2, 0.25) is 11.4 Å². The normalized spacial score (nSPS) is 25.4. The number of carboxylic acid groups (broad SMARTS) is 1. The van der Waals surface area contributed by atoms with Crippen molar-refractivity contribution in [3.63, 3.8) is 0 Å². The first kappa shape index (κ1) is 22.9. The highest BCUT2D eigenvalue weighted by Crippen LogP contribution is 2.59. The van der Waals surface area contributed by atoms with Crippen LogP contribution >= 0.6 is 11.6 Å². The smallest absolute Gasteiger partial charge is 0.333 e. The topological polar surface area (TPSA) is 95.2 Å². The van der Waals surface area contributed by atoms with Crippen molar-refractivity contribution in [1.29, 1.82) is 0 Å². The van der Waals surface area contributed by atoms with Crippen molar-refractivity contribution >= 4 is 23.3 Å². The second kappa shape index (κ2) is 8.24. The van der Waals surface area contributed by atoms with E-state index in [1.807, 2.05) is 11.0 Å². The Morgan fingerprint density at radius 2 is 2.09 bits per heavy atom. The molecule has 0 bridgehead atoms. The van der Waals surface area contributed by atoms with Gasteiger partial charge in [0.05, 0.1) is 23.8 Å². The van der Waals surface area contributed by atoms with Crippen LogP contribution in [0.15, 0.2) is 23.9 Å². The van der Waals surface area contributed by atoms with Gasteiger partial charge in [-0.25, -0.2) is 4.79 Å². The molecule has 1 saturated carbocycles. The molecular formula is C23H29ClN2O6. The molecule has 0 spiro atoms. The first-order valence-electron chi connectivity index (χ1n) is 10.7. The van der Waals surface area contributed by atoms with Gasteiger partial charge in [-0.15, -0.1) is 4.73 Å². The predicted molar refractivity (Wildman–Crippen MR) is 118 cm³/mol. The van der Waals surface area contributed by atoms with Crippen molar-refractivity contribution in [2.75, 3.05) is 27.4 Å². The summed E-state index contributed by atoms with van der Waals surface area (Å²) in [6, 6.07) is 1.63. The van der Waals surface area contributed by atoms with E-state index in [4.69, 9.17) is 25.8 Å². The van der Waals surface area contributed by atoms with Crippen molar-refractivity contribution in [3.8, 4) is 5.75 Å². The minimum absolute atomic E-state index is 0.0583. The number of aromatic nitrogens is 1.